The summed E-state index contributed by atoms with van der Waals surface area (Å²) in [6.45, 7) is 9.61. The zero-order chi connectivity index (χ0) is 23.5. The van der Waals surface area contributed by atoms with E-state index in [1.807, 2.05) is 49.6 Å². The number of aromatic hydroxyl groups is 2. The van der Waals surface area contributed by atoms with Gasteiger partial charge in [0.25, 0.3) is 5.91 Å². The van der Waals surface area contributed by atoms with Gasteiger partial charge in [-0.05, 0) is 80.2 Å². The third-order valence-electron chi connectivity index (χ3n) is 6.29. The van der Waals surface area contributed by atoms with Gasteiger partial charge >= 0.3 is 0 Å². The van der Waals surface area contributed by atoms with Crippen LogP contribution in [0.2, 0.25) is 0 Å². The highest BCUT2D eigenvalue weighted by Crippen LogP contribution is 2.39. The number of likely N-dealkylation sites (tertiary alicyclic amines) is 1. The number of hydrogen-bond acceptors (Lipinski definition) is 4. The zero-order valence-electron chi connectivity index (χ0n) is 19.6. The molecule has 1 fully saturated rings. The van der Waals surface area contributed by atoms with Crippen molar-refractivity contribution in [2.24, 2.45) is 0 Å². The third-order valence-corrected chi connectivity index (χ3v) is 6.29. The standard InChI is InChI=1S/C27H33N3O3/c1-4-28-27(33)24-12-11-23(22-15-21(18(2)3)25(31)16-26(22)32)30(24)20-9-7-19(8-10-20)17-29-13-5-6-14-29/h7-12,15-16,18,31-32H,4-6,13-14,17H2,1-3H3,(H,28,33). The van der Waals surface area contributed by atoms with Crippen LogP contribution in [0.25, 0.3) is 16.9 Å². The van der Waals surface area contributed by atoms with Gasteiger partial charge in [-0.15, -0.1) is 0 Å². The Balaban J connectivity index is 1.79. The number of nitrogens with one attached hydrogen (secondary N) is 1. The summed E-state index contributed by atoms with van der Waals surface area (Å²) < 4.78 is 1.88. The molecule has 0 aliphatic carbocycles. The Morgan fingerprint density at radius 1 is 1.00 bits per heavy atom. The highest BCUT2D eigenvalue weighted by atomic mass is 16.3. The Bertz CT molecular complexity index is 1130. The third kappa shape index (κ3) is 4.76. The predicted molar refractivity (Wildman–Crippen MR) is 131 cm³/mol. The molecule has 1 aliphatic heterocycles. The molecule has 0 atom stereocenters. The first-order chi connectivity index (χ1) is 15.9. The lowest BCUT2D eigenvalue weighted by Gasteiger charge is -2.18. The number of hydrogen-bond donors (Lipinski definition) is 3. The average Bonchev–Trinajstić information content (AvgIpc) is 3.44. The van der Waals surface area contributed by atoms with Gasteiger partial charge in [-0.1, -0.05) is 26.0 Å². The Kier molecular flexibility index (Phi) is 6.75. The molecule has 4 rings (SSSR count). The molecular formula is C27H33N3O3. The first-order valence-corrected chi connectivity index (χ1v) is 11.8. The summed E-state index contributed by atoms with van der Waals surface area (Å²) in [5, 5.41) is 23.9. The van der Waals surface area contributed by atoms with Crippen LogP contribution in [0.5, 0.6) is 11.5 Å². The molecule has 0 bridgehead atoms. The maximum absolute atomic E-state index is 12.9. The van der Waals surface area contributed by atoms with E-state index < -0.39 is 0 Å². The summed E-state index contributed by atoms with van der Waals surface area (Å²) in [4.78, 5) is 15.3. The molecule has 174 valence electrons. The molecule has 0 spiro atoms. The SMILES string of the molecule is CCNC(=O)c1ccc(-c2cc(C(C)C)c(O)cc2O)n1-c1ccc(CN2CCCC2)cc1. The monoisotopic (exact) mass is 447 g/mol. The lowest BCUT2D eigenvalue weighted by atomic mass is 9.97. The molecule has 1 saturated heterocycles. The van der Waals surface area contributed by atoms with Crippen molar-refractivity contribution in [2.45, 2.75) is 46.1 Å². The van der Waals surface area contributed by atoms with Gasteiger partial charge < -0.3 is 20.1 Å². The molecule has 1 amide bonds. The number of carbonyl (C=O) groups is 1. The van der Waals surface area contributed by atoms with Crippen molar-refractivity contribution in [3.05, 3.63) is 65.4 Å². The quantitative estimate of drug-likeness (QED) is 0.475. The van der Waals surface area contributed by atoms with Crippen LogP contribution >= 0.6 is 0 Å². The van der Waals surface area contributed by atoms with E-state index in [4.69, 9.17) is 0 Å². The van der Waals surface area contributed by atoms with Crippen LogP contribution in [0.15, 0.2) is 48.5 Å². The van der Waals surface area contributed by atoms with Gasteiger partial charge in [0.2, 0.25) is 0 Å². The fourth-order valence-electron chi connectivity index (χ4n) is 4.56. The van der Waals surface area contributed by atoms with Crippen LogP contribution in [-0.4, -0.2) is 45.2 Å². The Morgan fingerprint density at radius 3 is 2.33 bits per heavy atom. The molecule has 2 heterocycles. The van der Waals surface area contributed by atoms with E-state index in [1.54, 1.807) is 6.07 Å². The van der Waals surface area contributed by atoms with Crippen LogP contribution in [-0.2, 0) is 6.54 Å². The van der Waals surface area contributed by atoms with E-state index in [0.717, 1.165) is 30.9 Å². The fourth-order valence-corrected chi connectivity index (χ4v) is 4.56. The van der Waals surface area contributed by atoms with Gasteiger partial charge in [-0.2, -0.15) is 0 Å². The van der Waals surface area contributed by atoms with E-state index in [2.05, 4.69) is 22.3 Å². The minimum absolute atomic E-state index is 0.0237. The summed E-state index contributed by atoms with van der Waals surface area (Å²) in [5.74, 6) is -0.0448. The van der Waals surface area contributed by atoms with Gasteiger partial charge in [-0.3, -0.25) is 9.69 Å². The van der Waals surface area contributed by atoms with E-state index in [9.17, 15) is 15.0 Å². The van der Waals surface area contributed by atoms with Crippen LogP contribution in [0.3, 0.4) is 0 Å². The van der Waals surface area contributed by atoms with Crippen LogP contribution in [0, 0.1) is 0 Å². The molecular weight excluding hydrogens is 414 g/mol. The van der Waals surface area contributed by atoms with Crippen molar-refractivity contribution < 1.29 is 15.0 Å². The number of benzene rings is 2. The summed E-state index contributed by atoms with van der Waals surface area (Å²) in [5.41, 5.74) is 4.61. The molecule has 6 nitrogen and oxygen atoms in total. The minimum Gasteiger partial charge on any atom is -0.508 e. The topological polar surface area (TPSA) is 77.7 Å². The number of amides is 1. The number of rotatable bonds is 7. The first kappa shape index (κ1) is 22.9. The highest BCUT2D eigenvalue weighted by Gasteiger charge is 2.21. The lowest BCUT2D eigenvalue weighted by molar-refractivity contribution is 0.0949. The van der Waals surface area contributed by atoms with Crippen molar-refractivity contribution >= 4 is 5.91 Å². The van der Waals surface area contributed by atoms with Crippen molar-refractivity contribution in [1.82, 2.24) is 14.8 Å². The summed E-state index contributed by atoms with van der Waals surface area (Å²) in [6, 6.07) is 15.1. The Hall–Kier alpha value is -3.25. The number of phenols is 2. The molecule has 6 heteroatoms. The van der Waals surface area contributed by atoms with Gasteiger partial charge in [0, 0.05) is 30.4 Å². The second-order valence-corrected chi connectivity index (χ2v) is 9.03. The van der Waals surface area contributed by atoms with E-state index in [-0.39, 0.29) is 23.3 Å². The van der Waals surface area contributed by atoms with Gasteiger partial charge in [-0.25, -0.2) is 0 Å². The van der Waals surface area contributed by atoms with Gasteiger partial charge in [0.1, 0.15) is 17.2 Å². The van der Waals surface area contributed by atoms with E-state index >= 15 is 0 Å². The maximum Gasteiger partial charge on any atom is 0.268 e. The van der Waals surface area contributed by atoms with Crippen molar-refractivity contribution in [2.75, 3.05) is 19.6 Å². The van der Waals surface area contributed by atoms with E-state index in [0.29, 0.717) is 23.5 Å². The van der Waals surface area contributed by atoms with Gasteiger partial charge in [0.05, 0.1) is 5.69 Å². The largest absolute Gasteiger partial charge is 0.508 e. The number of phenolic OH excluding ortho intramolecular Hbond substituents is 2. The summed E-state index contributed by atoms with van der Waals surface area (Å²) >= 11 is 0. The average molecular weight is 448 g/mol. The Morgan fingerprint density at radius 2 is 1.70 bits per heavy atom. The molecule has 0 saturated carbocycles. The normalized spacial score (nSPS) is 14.2. The number of nitrogens with zero attached hydrogens (tertiary/aromatic N) is 2. The molecule has 3 N–H and O–H groups in total. The minimum atomic E-state index is -0.174. The molecule has 1 aromatic heterocycles. The number of carbonyl (C=O) groups excluding carboxylic acids is 1. The van der Waals surface area contributed by atoms with Crippen molar-refractivity contribution in [3.8, 4) is 28.4 Å². The first-order valence-electron chi connectivity index (χ1n) is 11.8. The Labute approximate surface area is 195 Å². The second-order valence-electron chi connectivity index (χ2n) is 9.03. The molecule has 2 aromatic carbocycles. The molecule has 0 unspecified atom stereocenters. The van der Waals surface area contributed by atoms with Gasteiger partial charge in [0.15, 0.2) is 0 Å². The second kappa shape index (κ2) is 9.71. The maximum atomic E-state index is 12.9. The number of aromatic nitrogens is 1. The molecule has 0 radical (unpaired) electrons. The highest BCUT2D eigenvalue weighted by molar-refractivity contribution is 5.95. The lowest BCUT2D eigenvalue weighted by Crippen LogP contribution is -2.25. The van der Waals surface area contributed by atoms with Crippen LogP contribution < -0.4 is 5.32 Å². The van der Waals surface area contributed by atoms with Crippen molar-refractivity contribution in [3.63, 3.8) is 0 Å². The molecule has 3 aromatic rings. The van der Waals surface area contributed by atoms with E-state index in [1.165, 1.54) is 24.5 Å². The van der Waals surface area contributed by atoms with Crippen LogP contribution in [0.4, 0.5) is 0 Å². The molecule has 33 heavy (non-hydrogen) atoms. The summed E-state index contributed by atoms with van der Waals surface area (Å²) in [6.07, 6.45) is 2.52. The smallest absolute Gasteiger partial charge is 0.268 e. The zero-order valence-corrected chi connectivity index (χ0v) is 19.6. The van der Waals surface area contributed by atoms with Crippen LogP contribution in [0.1, 0.15) is 61.1 Å². The predicted octanol–water partition coefficient (Wildman–Crippen LogP) is 5.02. The fraction of sp³-hybridized carbons (Fsp3) is 0.370. The summed E-state index contributed by atoms with van der Waals surface area (Å²) in [7, 11) is 0. The molecule has 1 aliphatic rings. The van der Waals surface area contributed by atoms with Crippen molar-refractivity contribution in [1.29, 1.82) is 0 Å².